The van der Waals surface area contributed by atoms with Crippen LogP contribution in [-0.4, -0.2) is 35.9 Å². The Balaban J connectivity index is 1.50. The van der Waals surface area contributed by atoms with Gasteiger partial charge in [-0.05, 0) is 67.9 Å². The van der Waals surface area contributed by atoms with E-state index in [4.69, 9.17) is 0 Å². The molecule has 0 aliphatic rings. The molecule has 164 valence electrons. The van der Waals surface area contributed by atoms with Crippen molar-refractivity contribution >= 4 is 27.0 Å². The molecule has 9 heteroatoms. The van der Waals surface area contributed by atoms with E-state index in [1.807, 2.05) is 41.0 Å². The number of hydrogen-bond donors (Lipinski definition) is 2. The third-order valence-electron chi connectivity index (χ3n) is 5.40. The van der Waals surface area contributed by atoms with Crippen LogP contribution in [0.2, 0.25) is 0 Å². The molecular formula is C23H23N5O3S. The number of amides is 1. The summed E-state index contributed by atoms with van der Waals surface area (Å²) in [5, 5.41) is 2.83. The summed E-state index contributed by atoms with van der Waals surface area (Å²) in [6.07, 6.45) is 3.42. The number of rotatable bonds is 6. The number of benzene rings is 2. The summed E-state index contributed by atoms with van der Waals surface area (Å²) >= 11 is 0. The van der Waals surface area contributed by atoms with Gasteiger partial charge in [0, 0.05) is 18.3 Å². The van der Waals surface area contributed by atoms with E-state index in [9.17, 15) is 13.2 Å². The van der Waals surface area contributed by atoms with Gasteiger partial charge in [0.1, 0.15) is 12.1 Å². The van der Waals surface area contributed by atoms with Gasteiger partial charge in [0.15, 0.2) is 0 Å². The number of carbonyl (C=O) groups excluding carboxylic acids is 1. The van der Waals surface area contributed by atoms with E-state index in [-0.39, 0.29) is 22.9 Å². The van der Waals surface area contributed by atoms with Gasteiger partial charge in [-0.15, -0.1) is 0 Å². The molecule has 2 heterocycles. The maximum absolute atomic E-state index is 12.7. The van der Waals surface area contributed by atoms with Crippen molar-refractivity contribution in [1.82, 2.24) is 24.6 Å². The van der Waals surface area contributed by atoms with Crippen LogP contribution in [0.4, 0.5) is 0 Å². The first kappa shape index (κ1) is 21.7. The Labute approximate surface area is 186 Å². The highest BCUT2D eigenvalue weighted by atomic mass is 32.2. The minimum absolute atomic E-state index is 0.101. The van der Waals surface area contributed by atoms with E-state index in [2.05, 4.69) is 20.0 Å². The van der Waals surface area contributed by atoms with Crippen LogP contribution >= 0.6 is 0 Å². The molecule has 0 atom stereocenters. The average Bonchev–Trinajstić information content (AvgIpc) is 3.23. The first-order valence-corrected chi connectivity index (χ1v) is 11.5. The number of fused-ring (bicyclic) bond motifs is 1. The minimum atomic E-state index is -3.66. The molecular weight excluding hydrogens is 426 g/mol. The topological polar surface area (TPSA) is 106 Å². The third kappa shape index (κ3) is 4.12. The number of pyridine rings is 1. The molecule has 0 saturated heterocycles. The number of aromatic nitrogens is 3. The van der Waals surface area contributed by atoms with Crippen LogP contribution in [0.1, 0.15) is 27.0 Å². The van der Waals surface area contributed by atoms with Crippen molar-refractivity contribution in [2.24, 2.45) is 0 Å². The molecule has 8 nitrogen and oxygen atoms in total. The van der Waals surface area contributed by atoms with Gasteiger partial charge < -0.3 is 5.32 Å². The van der Waals surface area contributed by atoms with Gasteiger partial charge in [-0.1, -0.05) is 18.2 Å². The summed E-state index contributed by atoms with van der Waals surface area (Å²) in [4.78, 5) is 21.7. The maximum Gasteiger partial charge on any atom is 0.251 e. The Morgan fingerprint density at radius 1 is 1.06 bits per heavy atom. The zero-order valence-electron chi connectivity index (χ0n) is 18.0. The highest BCUT2D eigenvalue weighted by Gasteiger charge is 2.19. The molecule has 2 N–H and O–H groups in total. The standard InChI is InChI=1S/C23H23N5O3S/c1-15-10-18(11-21(16(15)2)32(30,31)24-3)23(29)26-13-17-8-9-22(25-12-17)28-14-27-19-6-4-5-7-20(19)28/h4-12,14,24H,13H2,1-3H3,(H,26,29). The summed E-state index contributed by atoms with van der Waals surface area (Å²) in [5.41, 5.74) is 4.30. The van der Waals surface area contributed by atoms with Gasteiger partial charge >= 0.3 is 0 Å². The number of carbonyl (C=O) groups is 1. The number of nitrogens with zero attached hydrogens (tertiary/aromatic N) is 3. The summed E-state index contributed by atoms with van der Waals surface area (Å²) in [7, 11) is -2.32. The van der Waals surface area contributed by atoms with Crippen molar-refractivity contribution in [3.8, 4) is 5.82 Å². The SMILES string of the molecule is CNS(=O)(=O)c1cc(C(=O)NCc2ccc(-n3cnc4ccccc43)nc2)cc(C)c1C. The van der Waals surface area contributed by atoms with Gasteiger partial charge in [0.05, 0.1) is 15.9 Å². The van der Waals surface area contributed by atoms with Gasteiger partial charge in [0.25, 0.3) is 5.91 Å². The van der Waals surface area contributed by atoms with Crippen LogP contribution in [0.3, 0.4) is 0 Å². The number of para-hydroxylation sites is 2. The molecule has 4 rings (SSSR count). The first-order valence-electron chi connectivity index (χ1n) is 10.0. The molecule has 32 heavy (non-hydrogen) atoms. The third-order valence-corrected chi connectivity index (χ3v) is 6.94. The second-order valence-corrected chi connectivity index (χ2v) is 9.29. The lowest BCUT2D eigenvalue weighted by atomic mass is 10.1. The zero-order valence-corrected chi connectivity index (χ0v) is 18.8. The van der Waals surface area contributed by atoms with Crippen LogP contribution in [0.25, 0.3) is 16.9 Å². The van der Waals surface area contributed by atoms with Gasteiger partial charge in [-0.25, -0.2) is 23.1 Å². The van der Waals surface area contributed by atoms with E-state index >= 15 is 0 Å². The Hall–Kier alpha value is -3.56. The molecule has 4 aromatic rings. The average molecular weight is 450 g/mol. The molecule has 2 aromatic carbocycles. The fraction of sp³-hybridized carbons (Fsp3) is 0.174. The molecule has 0 bridgehead atoms. The van der Waals surface area contributed by atoms with Gasteiger partial charge in [0.2, 0.25) is 10.0 Å². The predicted molar refractivity (Wildman–Crippen MR) is 122 cm³/mol. The Morgan fingerprint density at radius 2 is 1.84 bits per heavy atom. The maximum atomic E-state index is 12.7. The molecule has 0 spiro atoms. The van der Waals surface area contributed by atoms with Crippen LogP contribution < -0.4 is 10.0 Å². The summed E-state index contributed by atoms with van der Waals surface area (Å²) in [5.74, 6) is 0.371. The van der Waals surface area contributed by atoms with Crippen molar-refractivity contribution in [1.29, 1.82) is 0 Å². The fourth-order valence-corrected chi connectivity index (χ4v) is 4.50. The summed E-state index contributed by atoms with van der Waals surface area (Å²) in [6.45, 7) is 3.76. The molecule has 1 amide bonds. The second-order valence-electron chi connectivity index (χ2n) is 7.43. The lowest BCUT2D eigenvalue weighted by Crippen LogP contribution is -2.25. The normalized spacial score (nSPS) is 11.6. The zero-order chi connectivity index (χ0) is 22.9. The van der Waals surface area contributed by atoms with Crippen molar-refractivity contribution in [3.05, 3.63) is 83.3 Å². The van der Waals surface area contributed by atoms with Crippen molar-refractivity contribution < 1.29 is 13.2 Å². The van der Waals surface area contributed by atoms with E-state index in [0.717, 1.165) is 28.0 Å². The lowest BCUT2D eigenvalue weighted by molar-refractivity contribution is 0.0950. The number of sulfonamides is 1. The highest BCUT2D eigenvalue weighted by molar-refractivity contribution is 7.89. The van der Waals surface area contributed by atoms with Crippen molar-refractivity contribution in [2.45, 2.75) is 25.3 Å². The largest absolute Gasteiger partial charge is 0.348 e. The molecule has 0 unspecified atom stereocenters. The Bertz CT molecular complexity index is 1410. The Morgan fingerprint density at radius 3 is 2.56 bits per heavy atom. The first-order chi connectivity index (χ1) is 15.3. The number of nitrogens with one attached hydrogen (secondary N) is 2. The van der Waals surface area contributed by atoms with E-state index in [1.54, 1.807) is 32.4 Å². The van der Waals surface area contributed by atoms with Crippen LogP contribution in [0, 0.1) is 13.8 Å². The fourth-order valence-electron chi connectivity index (χ4n) is 3.44. The lowest BCUT2D eigenvalue weighted by Gasteiger charge is -2.12. The monoisotopic (exact) mass is 449 g/mol. The van der Waals surface area contributed by atoms with Crippen LogP contribution in [0.15, 0.2) is 66.0 Å². The molecule has 0 saturated carbocycles. The molecule has 0 aliphatic heterocycles. The van der Waals surface area contributed by atoms with Gasteiger partial charge in [-0.3, -0.25) is 9.36 Å². The second kappa shape index (κ2) is 8.52. The van der Waals surface area contributed by atoms with Crippen molar-refractivity contribution in [2.75, 3.05) is 7.05 Å². The van der Waals surface area contributed by atoms with Crippen LogP contribution in [-0.2, 0) is 16.6 Å². The minimum Gasteiger partial charge on any atom is -0.348 e. The summed E-state index contributed by atoms with van der Waals surface area (Å²) < 4.78 is 28.8. The van der Waals surface area contributed by atoms with Gasteiger partial charge in [-0.2, -0.15) is 0 Å². The number of aryl methyl sites for hydroxylation is 1. The number of hydrogen-bond acceptors (Lipinski definition) is 5. The smallest absolute Gasteiger partial charge is 0.251 e. The van der Waals surface area contributed by atoms with E-state index < -0.39 is 10.0 Å². The summed E-state index contributed by atoms with van der Waals surface area (Å²) in [6, 6.07) is 14.6. The highest BCUT2D eigenvalue weighted by Crippen LogP contribution is 2.21. The predicted octanol–water partition coefficient (Wildman–Crippen LogP) is 2.88. The molecule has 0 aliphatic carbocycles. The Kier molecular flexibility index (Phi) is 5.77. The van der Waals surface area contributed by atoms with Crippen LogP contribution in [0.5, 0.6) is 0 Å². The number of imidazole rings is 1. The molecule has 0 fully saturated rings. The van der Waals surface area contributed by atoms with E-state index in [0.29, 0.717) is 5.56 Å². The van der Waals surface area contributed by atoms with Crippen molar-refractivity contribution in [3.63, 3.8) is 0 Å². The van der Waals surface area contributed by atoms with E-state index in [1.165, 1.54) is 13.1 Å². The molecule has 0 radical (unpaired) electrons. The quantitative estimate of drug-likeness (QED) is 0.471. The molecule has 2 aromatic heterocycles.